The topological polar surface area (TPSA) is 20.3 Å². The van der Waals surface area contributed by atoms with Crippen LogP contribution in [-0.4, -0.2) is 28.7 Å². The average Bonchev–Trinajstić information content (AvgIpc) is 1.83. The number of hydrogen-bond acceptors (Lipinski definition) is 1. The van der Waals surface area contributed by atoms with E-state index in [-0.39, 0.29) is 11.4 Å². The van der Waals surface area contributed by atoms with Crippen molar-refractivity contribution in [3.63, 3.8) is 0 Å². The normalized spacial score (nSPS) is 11.3. The largest absolute Gasteiger partial charge is 0.340 e. The van der Waals surface area contributed by atoms with Gasteiger partial charge < -0.3 is 4.90 Å². The zero-order chi connectivity index (χ0) is 8.36. The zero-order valence-corrected chi connectivity index (χ0v) is 8.53. The summed E-state index contributed by atoms with van der Waals surface area (Å²) in [7, 11) is 1.81. The number of rotatable bonds is 1. The second-order valence-corrected chi connectivity index (χ2v) is 3.82. The van der Waals surface area contributed by atoms with Crippen molar-refractivity contribution in [3.05, 3.63) is 0 Å². The number of halogens is 1. The Hall–Kier alpha value is -0.0500. The Morgan fingerprint density at radius 1 is 1.50 bits per heavy atom. The molecule has 0 aromatic heterocycles. The Labute approximate surface area is 70.7 Å². The van der Waals surface area contributed by atoms with E-state index in [2.05, 4.69) is 15.9 Å². The van der Waals surface area contributed by atoms with Gasteiger partial charge in [-0.3, -0.25) is 4.79 Å². The first-order chi connectivity index (χ1) is 4.39. The summed E-state index contributed by atoms with van der Waals surface area (Å²) in [5.74, 6) is 0.118. The molecule has 0 saturated carbocycles. The van der Waals surface area contributed by atoms with Crippen molar-refractivity contribution >= 4 is 21.8 Å². The molecule has 2 nitrogen and oxygen atoms in total. The quantitative estimate of drug-likeness (QED) is 0.600. The Morgan fingerprint density at radius 2 is 1.90 bits per heavy atom. The highest BCUT2D eigenvalue weighted by Gasteiger charge is 2.20. The minimum Gasteiger partial charge on any atom is -0.340 e. The van der Waals surface area contributed by atoms with Crippen LogP contribution < -0.4 is 0 Å². The van der Waals surface area contributed by atoms with E-state index < -0.39 is 0 Å². The monoisotopic (exact) mass is 207 g/mol. The fourth-order valence-corrected chi connectivity index (χ4v) is 0.840. The van der Waals surface area contributed by atoms with Crippen molar-refractivity contribution in [2.75, 3.05) is 12.4 Å². The molecule has 0 radical (unpaired) electrons. The third kappa shape index (κ3) is 2.69. The molecule has 0 aliphatic rings. The molecule has 0 atom stereocenters. The van der Waals surface area contributed by atoms with Crippen LogP contribution in [0.2, 0.25) is 0 Å². The third-order valence-corrected chi connectivity index (χ3v) is 1.97. The summed E-state index contributed by atoms with van der Waals surface area (Å²) < 4.78 is 0. The molecule has 0 fully saturated rings. The number of carbonyl (C=O) groups is 1. The lowest BCUT2D eigenvalue weighted by Crippen LogP contribution is -2.43. The van der Waals surface area contributed by atoms with Crippen LogP contribution in [0.15, 0.2) is 0 Å². The van der Waals surface area contributed by atoms with Crippen molar-refractivity contribution in [3.8, 4) is 0 Å². The van der Waals surface area contributed by atoms with Gasteiger partial charge in [0.1, 0.15) is 0 Å². The standard InChI is InChI=1S/C7H14BrNO/c1-7(2,3)9(4)6(10)5-8/h5H2,1-4H3. The summed E-state index contributed by atoms with van der Waals surface area (Å²) in [6, 6.07) is 0. The summed E-state index contributed by atoms with van der Waals surface area (Å²) in [5, 5.41) is 0.404. The van der Waals surface area contributed by atoms with E-state index in [1.54, 1.807) is 4.90 Å². The van der Waals surface area contributed by atoms with E-state index in [0.29, 0.717) is 5.33 Å². The molecule has 0 aliphatic carbocycles. The van der Waals surface area contributed by atoms with E-state index >= 15 is 0 Å². The Morgan fingerprint density at radius 3 is 2.00 bits per heavy atom. The molecule has 0 aliphatic heterocycles. The van der Waals surface area contributed by atoms with Gasteiger partial charge in [0.25, 0.3) is 0 Å². The van der Waals surface area contributed by atoms with Gasteiger partial charge in [0.2, 0.25) is 5.91 Å². The SMILES string of the molecule is CN(C(=O)CBr)C(C)(C)C. The smallest absolute Gasteiger partial charge is 0.233 e. The summed E-state index contributed by atoms with van der Waals surface area (Å²) >= 11 is 3.12. The molecule has 0 unspecified atom stereocenters. The molecule has 0 heterocycles. The number of hydrogen-bond donors (Lipinski definition) is 0. The first-order valence-electron chi connectivity index (χ1n) is 3.22. The van der Waals surface area contributed by atoms with Crippen LogP contribution in [0.5, 0.6) is 0 Å². The Bertz CT molecular complexity index is 128. The second-order valence-electron chi connectivity index (χ2n) is 3.26. The summed E-state index contributed by atoms with van der Waals surface area (Å²) in [6.07, 6.45) is 0. The highest BCUT2D eigenvalue weighted by Crippen LogP contribution is 2.10. The van der Waals surface area contributed by atoms with Gasteiger partial charge in [0.05, 0.1) is 5.33 Å². The zero-order valence-electron chi connectivity index (χ0n) is 6.94. The molecule has 0 saturated heterocycles. The van der Waals surface area contributed by atoms with Gasteiger partial charge >= 0.3 is 0 Å². The highest BCUT2D eigenvalue weighted by molar-refractivity contribution is 9.09. The van der Waals surface area contributed by atoms with Crippen LogP contribution in [-0.2, 0) is 4.79 Å². The number of nitrogens with zero attached hydrogens (tertiary/aromatic N) is 1. The Kier molecular flexibility index (Phi) is 3.36. The molecular weight excluding hydrogens is 194 g/mol. The van der Waals surface area contributed by atoms with Gasteiger partial charge in [-0.25, -0.2) is 0 Å². The minimum absolute atomic E-state index is 0.0646. The fraction of sp³-hybridized carbons (Fsp3) is 0.857. The number of alkyl halides is 1. The predicted molar refractivity (Wildman–Crippen MR) is 46.3 cm³/mol. The van der Waals surface area contributed by atoms with Crippen LogP contribution in [0.4, 0.5) is 0 Å². The van der Waals surface area contributed by atoms with Crippen LogP contribution in [0, 0.1) is 0 Å². The third-order valence-electron chi connectivity index (χ3n) is 1.49. The van der Waals surface area contributed by atoms with Gasteiger partial charge in [-0.15, -0.1) is 0 Å². The molecule has 0 spiro atoms. The Balaban J connectivity index is 4.08. The molecule has 0 N–H and O–H groups in total. The molecule has 10 heavy (non-hydrogen) atoms. The van der Waals surface area contributed by atoms with Gasteiger partial charge in [-0.1, -0.05) is 15.9 Å². The van der Waals surface area contributed by atoms with E-state index in [9.17, 15) is 4.79 Å². The van der Waals surface area contributed by atoms with E-state index in [0.717, 1.165) is 0 Å². The lowest BCUT2D eigenvalue weighted by atomic mass is 10.1. The molecule has 1 amide bonds. The van der Waals surface area contributed by atoms with Crippen molar-refractivity contribution in [2.24, 2.45) is 0 Å². The van der Waals surface area contributed by atoms with E-state index in [1.165, 1.54) is 0 Å². The van der Waals surface area contributed by atoms with Gasteiger partial charge in [0, 0.05) is 12.6 Å². The fourth-order valence-electron chi connectivity index (χ4n) is 0.464. The molecule has 0 aromatic rings. The van der Waals surface area contributed by atoms with Crippen LogP contribution in [0.1, 0.15) is 20.8 Å². The maximum absolute atomic E-state index is 11.0. The average molecular weight is 208 g/mol. The van der Waals surface area contributed by atoms with Gasteiger partial charge in [-0.2, -0.15) is 0 Å². The van der Waals surface area contributed by atoms with Crippen molar-refractivity contribution in [2.45, 2.75) is 26.3 Å². The van der Waals surface area contributed by atoms with E-state index in [1.807, 2.05) is 27.8 Å². The molecule has 3 heteroatoms. The first kappa shape index (κ1) is 9.95. The second kappa shape index (κ2) is 3.37. The van der Waals surface area contributed by atoms with Crippen molar-refractivity contribution < 1.29 is 4.79 Å². The van der Waals surface area contributed by atoms with Crippen LogP contribution >= 0.6 is 15.9 Å². The summed E-state index contributed by atoms with van der Waals surface area (Å²) in [5.41, 5.74) is -0.0646. The predicted octanol–water partition coefficient (Wildman–Crippen LogP) is 1.64. The van der Waals surface area contributed by atoms with E-state index in [4.69, 9.17) is 0 Å². The maximum atomic E-state index is 11.0. The van der Waals surface area contributed by atoms with Gasteiger partial charge in [0.15, 0.2) is 0 Å². The highest BCUT2D eigenvalue weighted by atomic mass is 79.9. The molecule has 0 aromatic carbocycles. The lowest BCUT2D eigenvalue weighted by Gasteiger charge is -2.31. The molecular formula is C7H14BrNO. The minimum atomic E-state index is -0.0646. The maximum Gasteiger partial charge on any atom is 0.233 e. The van der Waals surface area contributed by atoms with Crippen molar-refractivity contribution in [1.82, 2.24) is 4.90 Å². The molecule has 0 rings (SSSR count). The number of carbonyl (C=O) groups excluding carboxylic acids is 1. The summed E-state index contributed by atoms with van der Waals surface area (Å²) in [6.45, 7) is 6.02. The van der Waals surface area contributed by atoms with Gasteiger partial charge in [-0.05, 0) is 20.8 Å². The summed E-state index contributed by atoms with van der Waals surface area (Å²) in [4.78, 5) is 12.8. The van der Waals surface area contributed by atoms with Crippen molar-refractivity contribution in [1.29, 1.82) is 0 Å². The first-order valence-corrected chi connectivity index (χ1v) is 4.34. The lowest BCUT2D eigenvalue weighted by molar-refractivity contribution is -0.131. The van der Waals surface area contributed by atoms with Crippen LogP contribution in [0.3, 0.4) is 0 Å². The molecule has 0 bridgehead atoms. The molecule has 60 valence electrons. The van der Waals surface area contributed by atoms with Crippen LogP contribution in [0.25, 0.3) is 0 Å². The number of amides is 1.